The van der Waals surface area contributed by atoms with Gasteiger partial charge in [0.1, 0.15) is 23.3 Å². The number of halogens is 4. The second-order valence-electron chi connectivity index (χ2n) is 9.80. The summed E-state index contributed by atoms with van der Waals surface area (Å²) in [4.78, 5) is 16.3. The van der Waals surface area contributed by atoms with Gasteiger partial charge in [-0.15, -0.1) is 0 Å². The smallest absolute Gasteiger partial charge is 0.166 e. The van der Waals surface area contributed by atoms with Gasteiger partial charge in [0, 0.05) is 33.3 Å². The zero-order chi connectivity index (χ0) is 29.9. The van der Waals surface area contributed by atoms with E-state index in [9.17, 15) is 17.6 Å². The molecule has 0 saturated carbocycles. The van der Waals surface area contributed by atoms with Gasteiger partial charge in [-0.25, -0.2) is 27.5 Å². The molecule has 0 saturated heterocycles. The van der Waals surface area contributed by atoms with E-state index < -0.39 is 0 Å². The number of nitrogens with zero attached hydrogens (tertiary/aromatic N) is 2. The van der Waals surface area contributed by atoms with Crippen LogP contribution in [-0.4, -0.2) is 30.9 Å². The van der Waals surface area contributed by atoms with Crippen molar-refractivity contribution in [3.63, 3.8) is 0 Å². The molecule has 1 unspecified atom stereocenters. The minimum absolute atomic E-state index is 0.0897. The average Bonchev–Trinajstić information content (AvgIpc) is 3.62. The van der Waals surface area contributed by atoms with Crippen LogP contribution in [0.3, 0.4) is 0 Å². The molecular weight excluding hydrogens is 593 g/mol. The molecule has 2 aromatic heterocycles. The number of hydrogen-bond donors (Lipinski definition) is 2. The third kappa shape index (κ3) is 6.71. The lowest BCUT2D eigenvalue weighted by Gasteiger charge is -2.07. The first-order chi connectivity index (χ1) is 20.8. The van der Waals surface area contributed by atoms with Crippen molar-refractivity contribution < 1.29 is 17.6 Å². The Morgan fingerprint density at radius 2 is 0.884 bits per heavy atom. The summed E-state index contributed by atoms with van der Waals surface area (Å²) in [5.74, 6) is -0.690. The van der Waals surface area contributed by atoms with Crippen molar-refractivity contribution in [2.45, 2.75) is 22.5 Å². The Hall–Kier alpha value is -4.28. The van der Waals surface area contributed by atoms with Gasteiger partial charge in [-0.2, -0.15) is 0 Å². The van der Waals surface area contributed by atoms with Crippen LogP contribution >= 0.6 is 23.5 Å². The molecule has 2 N–H and O–H groups in total. The second-order valence-corrected chi connectivity index (χ2v) is 12.2. The Morgan fingerprint density at radius 3 is 1.30 bits per heavy atom. The molecule has 10 heteroatoms. The van der Waals surface area contributed by atoms with Gasteiger partial charge in [0.2, 0.25) is 0 Å². The lowest BCUT2D eigenvalue weighted by molar-refractivity contribution is 0.627. The zero-order valence-electron chi connectivity index (χ0n) is 22.7. The third-order valence-corrected chi connectivity index (χ3v) is 8.96. The van der Waals surface area contributed by atoms with Gasteiger partial charge in [0.25, 0.3) is 0 Å². The number of benzene rings is 4. The minimum Gasteiger partial charge on any atom is -0.332 e. The molecule has 6 aromatic rings. The van der Waals surface area contributed by atoms with Crippen LogP contribution in [0.25, 0.3) is 45.0 Å². The van der Waals surface area contributed by atoms with Crippen LogP contribution in [0.5, 0.6) is 0 Å². The first-order valence-electron chi connectivity index (χ1n) is 13.4. The van der Waals surface area contributed by atoms with Crippen LogP contribution in [0.2, 0.25) is 0 Å². The molecule has 0 bridgehead atoms. The summed E-state index contributed by atoms with van der Waals surface area (Å²) in [7, 11) is 0. The molecule has 1 atom stereocenters. The van der Waals surface area contributed by atoms with E-state index in [0.717, 1.165) is 22.3 Å². The SMILES string of the molecule is CC(CSc1nc(-c2ccc(F)cc2)c(-c2ccc(F)cc2)[nH]1)Sc1nc(-c2ccc(F)cc2)c(-c2ccc(F)cc2)[nH]1. The van der Waals surface area contributed by atoms with Crippen LogP contribution in [0.4, 0.5) is 17.6 Å². The number of imidazole rings is 2. The summed E-state index contributed by atoms with van der Waals surface area (Å²) in [6.07, 6.45) is 0. The van der Waals surface area contributed by atoms with Crippen molar-refractivity contribution in [2.24, 2.45) is 0 Å². The van der Waals surface area contributed by atoms with Crippen molar-refractivity contribution in [3.8, 4) is 45.0 Å². The van der Waals surface area contributed by atoms with Gasteiger partial charge in [-0.05, 0) is 97.1 Å². The van der Waals surface area contributed by atoms with Crippen molar-refractivity contribution in [1.82, 2.24) is 19.9 Å². The van der Waals surface area contributed by atoms with Crippen LogP contribution in [0.15, 0.2) is 107 Å². The first kappa shape index (κ1) is 28.8. The van der Waals surface area contributed by atoms with Crippen LogP contribution in [0, 0.1) is 23.3 Å². The lowest BCUT2D eigenvalue weighted by atomic mass is 10.1. The Morgan fingerprint density at radius 1 is 0.535 bits per heavy atom. The molecule has 2 heterocycles. The molecule has 0 aliphatic rings. The maximum Gasteiger partial charge on any atom is 0.166 e. The van der Waals surface area contributed by atoms with Gasteiger partial charge >= 0.3 is 0 Å². The number of aromatic amines is 2. The molecule has 0 aliphatic heterocycles. The summed E-state index contributed by atoms with van der Waals surface area (Å²) in [5, 5.41) is 1.43. The predicted molar refractivity (Wildman–Crippen MR) is 165 cm³/mol. The molecule has 0 radical (unpaired) electrons. The predicted octanol–water partition coefficient (Wildman–Crippen LogP) is 9.63. The van der Waals surface area contributed by atoms with E-state index in [2.05, 4.69) is 16.9 Å². The number of hydrogen-bond acceptors (Lipinski definition) is 4. The maximum atomic E-state index is 13.6. The van der Waals surface area contributed by atoms with E-state index in [1.54, 1.807) is 48.5 Å². The number of rotatable bonds is 9. The molecule has 43 heavy (non-hydrogen) atoms. The van der Waals surface area contributed by atoms with E-state index in [-0.39, 0.29) is 28.5 Å². The van der Waals surface area contributed by atoms with E-state index in [1.165, 1.54) is 72.1 Å². The monoisotopic (exact) mass is 616 g/mol. The Kier molecular flexibility index (Phi) is 8.40. The van der Waals surface area contributed by atoms with Gasteiger partial charge in [0.15, 0.2) is 10.3 Å². The van der Waals surface area contributed by atoms with Gasteiger partial charge in [0.05, 0.1) is 22.8 Å². The fourth-order valence-corrected chi connectivity index (χ4v) is 6.42. The molecular formula is C33H24F4N4S2. The molecule has 0 amide bonds. The Labute approximate surface area is 254 Å². The highest BCUT2D eigenvalue weighted by Crippen LogP contribution is 2.37. The van der Waals surface area contributed by atoms with E-state index in [1.807, 2.05) is 0 Å². The minimum atomic E-state index is -0.342. The largest absolute Gasteiger partial charge is 0.332 e. The summed E-state index contributed by atoms with van der Waals surface area (Å²) >= 11 is 3.06. The zero-order valence-corrected chi connectivity index (χ0v) is 24.4. The van der Waals surface area contributed by atoms with Gasteiger partial charge in [-0.3, -0.25) is 0 Å². The van der Waals surface area contributed by atoms with E-state index in [0.29, 0.717) is 38.8 Å². The molecule has 0 fully saturated rings. The molecule has 6 rings (SSSR count). The maximum absolute atomic E-state index is 13.6. The fourth-order valence-electron chi connectivity index (χ4n) is 4.53. The van der Waals surface area contributed by atoms with Crippen LogP contribution in [0.1, 0.15) is 6.92 Å². The molecule has 4 nitrogen and oxygen atoms in total. The lowest BCUT2D eigenvalue weighted by Crippen LogP contribution is -2.00. The van der Waals surface area contributed by atoms with Crippen LogP contribution < -0.4 is 0 Å². The quantitative estimate of drug-likeness (QED) is 0.125. The molecule has 0 spiro atoms. The van der Waals surface area contributed by atoms with E-state index >= 15 is 0 Å². The Bertz CT molecular complexity index is 1710. The highest BCUT2D eigenvalue weighted by Gasteiger charge is 2.19. The normalized spacial score (nSPS) is 12.0. The summed E-state index contributed by atoms with van der Waals surface area (Å²) in [6.45, 7) is 2.07. The molecule has 216 valence electrons. The van der Waals surface area contributed by atoms with Crippen LogP contribution in [-0.2, 0) is 0 Å². The summed E-state index contributed by atoms with van der Waals surface area (Å²) in [6, 6.07) is 24.5. The third-order valence-electron chi connectivity index (χ3n) is 6.63. The highest BCUT2D eigenvalue weighted by molar-refractivity contribution is 8.03. The number of aromatic nitrogens is 4. The Balaban J connectivity index is 1.23. The highest BCUT2D eigenvalue weighted by atomic mass is 32.2. The van der Waals surface area contributed by atoms with Crippen molar-refractivity contribution >= 4 is 23.5 Å². The first-order valence-corrected chi connectivity index (χ1v) is 15.2. The average molecular weight is 617 g/mol. The number of H-pyrrole nitrogens is 2. The second kappa shape index (κ2) is 12.5. The molecule has 4 aromatic carbocycles. The standard InChI is InChI=1S/C33H24F4N4S2/c1-19(43-33-40-30(22-6-14-26(36)15-7-22)31(41-33)23-8-16-27(37)17-9-23)18-42-32-38-28(20-2-10-24(34)11-3-20)29(39-32)21-4-12-25(35)13-5-21/h2-17,19H,18H2,1H3,(H,38,39)(H,40,41). The number of thioether (sulfide) groups is 2. The van der Waals surface area contributed by atoms with Gasteiger partial charge in [-0.1, -0.05) is 30.4 Å². The van der Waals surface area contributed by atoms with Crippen molar-refractivity contribution in [3.05, 3.63) is 120 Å². The molecule has 0 aliphatic carbocycles. The van der Waals surface area contributed by atoms with Gasteiger partial charge < -0.3 is 9.97 Å². The number of nitrogens with one attached hydrogen (secondary N) is 2. The van der Waals surface area contributed by atoms with E-state index in [4.69, 9.17) is 9.97 Å². The summed E-state index contributed by atoms with van der Waals surface area (Å²) in [5.41, 5.74) is 5.73. The topological polar surface area (TPSA) is 57.4 Å². The summed E-state index contributed by atoms with van der Waals surface area (Å²) < 4.78 is 54.4. The van der Waals surface area contributed by atoms with Crippen molar-refractivity contribution in [2.75, 3.05) is 5.75 Å². The van der Waals surface area contributed by atoms with Crippen molar-refractivity contribution in [1.29, 1.82) is 0 Å². The fraction of sp³-hybridized carbons (Fsp3) is 0.0909.